The fourth-order valence-corrected chi connectivity index (χ4v) is 2.77. The standard InChI is InChI=1S/C17H15N3O4S/c1-2-25-17-19-15(11-5-3-9(21)7-13(11)23)18-16(20-17)12-6-4-10(22)8-14(12)24/h3-8,21-24H,2H2,1H3. The monoisotopic (exact) mass is 357 g/mol. The van der Waals surface area contributed by atoms with E-state index in [9.17, 15) is 20.4 Å². The summed E-state index contributed by atoms with van der Waals surface area (Å²) in [6.45, 7) is 1.95. The van der Waals surface area contributed by atoms with E-state index >= 15 is 0 Å². The minimum Gasteiger partial charge on any atom is -0.508 e. The molecule has 8 heteroatoms. The van der Waals surface area contributed by atoms with Crippen molar-refractivity contribution in [2.45, 2.75) is 12.1 Å². The third-order valence-electron chi connectivity index (χ3n) is 3.33. The maximum absolute atomic E-state index is 10.1. The minimum absolute atomic E-state index is 0.0742. The maximum Gasteiger partial charge on any atom is 0.191 e. The van der Waals surface area contributed by atoms with Crippen LogP contribution in [0.2, 0.25) is 0 Å². The van der Waals surface area contributed by atoms with Gasteiger partial charge in [-0.3, -0.25) is 0 Å². The summed E-state index contributed by atoms with van der Waals surface area (Å²) in [6, 6.07) is 8.24. The van der Waals surface area contributed by atoms with Crippen LogP contribution in [0.4, 0.5) is 0 Å². The van der Waals surface area contributed by atoms with Crippen molar-refractivity contribution >= 4 is 11.8 Å². The third kappa shape index (κ3) is 3.58. The first-order valence-corrected chi connectivity index (χ1v) is 8.40. The first-order chi connectivity index (χ1) is 12.0. The third-order valence-corrected chi connectivity index (χ3v) is 4.06. The highest BCUT2D eigenvalue weighted by Gasteiger charge is 2.16. The lowest BCUT2D eigenvalue weighted by atomic mass is 10.1. The smallest absolute Gasteiger partial charge is 0.191 e. The molecule has 0 fully saturated rings. The van der Waals surface area contributed by atoms with Crippen LogP contribution in [0, 0.1) is 0 Å². The van der Waals surface area contributed by atoms with Crippen molar-refractivity contribution in [2.75, 3.05) is 5.75 Å². The Kier molecular flexibility index (Phi) is 4.62. The summed E-state index contributed by atoms with van der Waals surface area (Å²) in [6.07, 6.45) is 0. The van der Waals surface area contributed by atoms with E-state index in [0.29, 0.717) is 16.3 Å². The number of thioether (sulfide) groups is 1. The molecule has 0 atom stereocenters. The van der Waals surface area contributed by atoms with Gasteiger partial charge in [-0.25, -0.2) is 15.0 Å². The molecule has 0 spiro atoms. The van der Waals surface area contributed by atoms with Crippen LogP contribution < -0.4 is 0 Å². The highest BCUT2D eigenvalue weighted by atomic mass is 32.2. The van der Waals surface area contributed by atoms with Crippen molar-refractivity contribution in [1.29, 1.82) is 0 Å². The molecule has 1 heterocycles. The van der Waals surface area contributed by atoms with Crippen molar-refractivity contribution in [1.82, 2.24) is 15.0 Å². The first kappa shape index (κ1) is 16.8. The molecule has 7 nitrogen and oxygen atoms in total. The van der Waals surface area contributed by atoms with Gasteiger partial charge in [0.15, 0.2) is 16.8 Å². The van der Waals surface area contributed by atoms with E-state index < -0.39 is 0 Å². The SMILES string of the molecule is CCSc1nc(-c2ccc(O)cc2O)nc(-c2ccc(O)cc2O)n1. The molecule has 1 aromatic heterocycles. The fourth-order valence-electron chi connectivity index (χ4n) is 2.21. The number of benzene rings is 2. The second-order valence-electron chi connectivity index (χ2n) is 5.10. The zero-order valence-electron chi connectivity index (χ0n) is 13.2. The molecule has 3 aromatic rings. The Hall–Kier alpha value is -3.00. The molecule has 0 bridgehead atoms. The number of aromatic hydroxyl groups is 4. The van der Waals surface area contributed by atoms with Gasteiger partial charge in [-0.2, -0.15) is 0 Å². The van der Waals surface area contributed by atoms with Crippen LogP contribution in [-0.4, -0.2) is 41.1 Å². The molecular formula is C17H15N3O4S. The highest BCUT2D eigenvalue weighted by Crippen LogP contribution is 2.34. The molecule has 0 unspecified atom stereocenters. The van der Waals surface area contributed by atoms with Gasteiger partial charge in [0, 0.05) is 12.1 Å². The molecule has 0 radical (unpaired) electrons. The van der Waals surface area contributed by atoms with E-state index in [2.05, 4.69) is 15.0 Å². The molecule has 128 valence electrons. The number of phenols is 4. The van der Waals surface area contributed by atoms with Crippen LogP contribution in [0.3, 0.4) is 0 Å². The molecule has 25 heavy (non-hydrogen) atoms. The van der Waals surface area contributed by atoms with E-state index in [-0.39, 0.29) is 34.6 Å². The van der Waals surface area contributed by atoms with Crippen molar-refractivity contribution in [3.63, 3.8) is 0 Å². The second kappa shape index (κ2) is 6.86. The Morgan fingerprint density at radius 3 is 1.64 bits per heavy atom. The molecule has 2 aromatic carbocycles. The number of nitrogens with zero attached hydrogens (tertiary/aromatic N) is 3. The van der Waals surface area contributed by atoms with E-state index in [0.717, 1.165) is 5.75 Å². The van der Waals surface area contributed by atoms with E-state index in [4.69, 9.17) is 0 Å². The van der Waals surface area contributed by atoms with E-state index in [1.54, 1.807) is 0 Å². The minimum atomic E-state index is -0.167. The van der Waals surface area contributed by atoms with Gasteiger partial charge in [0.1, 0.15) is 23.0 Å². The maximum atomic E-state index is 10.1. The van der Waals surface area contributed by atoms with Crippen molar-refractivity contribution in [3.05, 3.63) is 36.4 Å². The summed E-state index contributed by atoms with van der Waals surface area (Å²) in [5, 5.41) is 39.5. The second-order valence-corrected chi connectivity index (χ2v) is 6.33. The zero-order chi connectivity index (χ0) is 18.0. The average molecular weight is 357 g/mol. The predicted molar refractivity (Wildman–Crippen MR) is 93.8 cm³/mol. The largest absolute Gasteiger partial charge is 0.508 e. The van der Waals surface area contributed by atoms with Gasteiger partial charge in [-0.1, -0.05) is 18.7 Å². The van der Waals surface area contributed by atoms with Gasteiger partial charge in [0.25, 0.3) is 0 Å². The number of phenolic OH excluding ortho intramolecular Hbond substituents is 4. The normalized spacial score (nSPS) is 10.8. The van der Waals surface area contributed by atoms with Crippen molar-refractivity contribution in [2.24, 2.45) is 0 Å². The Morgan fingerprint density at radius 1 is 0.760 bits per heavy atom. The summed E-state index contributed by atoms with van der Waals surface area (Å²) in [7, 11) is 0. The number of hydrogen-bond acceptors (Lipinski definition) is 8. The Morgan fingerprint density at radius 2 is 1.24 bits per heavy atom. The molecule has 4 N–H and O–H groups in total. The molecule has 3 rings (SSSR count). The van der Waals surface area contributed by atoms with Gasteiger partial charge in [0.05, 0.1) is 11.1 Å². The van der Waals surface area contributed by atoms with Gasteiger partial charge in [0.2, 0.25) is 0 Å². The average Bonchev–Trinajstić information content (AvgIpc) is 2.54. The van der Waals surface area contributed by atoms with Crippen LogP contribution in [0.25, 0.3) is 22.8 Å². The zero-order valence-corrected chi connectivity index (χ0v) is 14.0. The molecule has 0 aliphatic heterocycles. The highest BCUT2D eigenvalue weighted by molar-refractivity contribution is 7.99. The van der Waals surface area contributed by atoms with Gasteiger partial charge >= 0.3 is 0 Å². The van der Waals surface area contributed by atoms with E-state index in [1.807, 2.05) is 6.92 Å². The van der Waals surface area contributed by atoms with Crippen LogP contribution in [0.15, 0.2) is 41.6 Å². The van der Waals surface area contributed by atoms with Crippen molar-refractivity contribution < 1.29 is 20.4 Å². The summed E-state index contributed by atoms with van der Waals surface area (Å²) >= 11 is 1.39. The number of rotatable bonds is 4. The lowest BCUT2D eigenvalue weighted by molar-refractivity contribution is 0.451. The summed E-state index contributed by atoms with van der Waals surface area (Å²) in [4.78, 5) is 13.0. The molecule has 0 amide bonds. The lowest BCUT2D eigenvalue weighted by Gasteiger charge is -2.09. The Balaban J connectivity index is 2.18. The fraction of sp³-hybridized carbons (Fsp3) is 0.118. The summed E-state index contributed by atoms with van der Waals surface area (Å²) < 4.78 is 0. The first-order valence-electron chi connectivity index (χ1n) is 7.41. The predicted octanol–water partition coefficient (Wildman–Crippen LogP) is 3.14. The van der Waals surface area contributed by atoms with Crippen LogP contribution in [0.5, 0.6) is 23.0 Å². The quantitative estimate of drug-likeness (QED) is 0.526. The van der Waals surface area contributed by atoms with Gasteiger partial charge in [-0.05, 0) is 30.0 Å². The van der Waals surface area contributed by atoms with Crippen LogP contribution in [0.1, 0.15) is 6.92 Å². The van der Waals surface area contributed by atoms with Crippen LogP contribution in [-0.2, 0) is 0 Å². The molecular weight excluding hydrogens is 342 g/mol. The molecule has 0 saturated carbocycles. The number of hydrogen-bond donors (Lipinski definition) is 4. The lowest BCUT2D eigenvalue weighted by Crippen LogP contribution is -1.99. The van der Waals surface area contributed by atoms with Gasteiger partial charge < -0.3 is 20.4 Å². The van der Waals surface area contributed by atoms with E-state index in [1.165, 1.54) is 48.2 Å². The molecule has 0 aliphatic carbocycles. The van der Waals surface area contributed by atoms with Gasteiger partial charge in [-0.15, -0.1) is 0 Å². The Bertz CT molecular complexity index is 864. The number of aromatic nitrogens is 3. The molecule has 0 aliphatic rings. The molecule has 0 saturated heterocycles. The topological polar surface area (TPSA) is 120 Å². The van der Waals surface area contributed by atoms with Crippen molar-refractivity contribution in [3.8, 4) is 45.8 Å². The summed E-state index contributed by atoms with van der Waals surface area (Å²) in [5.41, 5.74) is 0.662. The Labute approximate surface area is 147 Å². The van der Waals surface area contributed by atoms with Crippen LogP contribution >= 0.6 is 11.8 Å². The summed E-state index contributed by atoms with van der Waals surface area (Å²) in [5.74, 6) is 0.673.